The summed E-state index contributed by atoms with van der Waals surface area (Å²) in [5, 5.41) is 0. The molecule has 0 saturated heterocycles. The molecule has 1 aliphatic carbocycles. The van der Waals surface area contributed by atoms with Gasteiger partial charge in [0.05, 0.1) is 7.11 Å². The Morgan fingerprint density at radius 2 is 1.57 bits per heavy atom. The second-order valence-corrected chi connectivity index (χ2v) is 5.66. The molecule has 1 aromatic heterocycles. The minimum Gasteiger partial charge on any atom is -0.497 e. The molecule has 112 valence electrons. The predicted octanol–water partition coefficient (Wildman–Crippen LogP) is 4.75. The minimum absolute atomic E-state index is 0.886. The number of rotatable bonds is 3. The third-order valence-corrected chi connectivity index (χ3v) is 4.34. The summed E-state index contributed by atoms with van der Waals surface area (Å²) in [6, 6.07) is 19.1. The lowest BCUT2D eigenvalue weighted by Gasteiger charge is -2.09. The van der Waals surface area contributed by atoms with E-state index >= 15 is 0 Å². The maximum absolute atomic E-state index is 5.23. The first-order valence-corrected chi connectivity index (χ1v) is 7.73. The fourth-order valence-electron chi connectivity index (χ4n) is 3.12. The summed E-state index contributed by atoms with van der Waals surface area (Å²) in [5.41, 5.74) is 7.71. The average Bonchev–Trinajstić information content (AvgIpc) is 3.06. The van der Waals surface area contributed by atoms with Crippen molar-refractivity contribution in [1.29, 1.82) is 0 Å². The van der Waals surface area contributed by atoms with E-state index in [4.69, 9.17) is 4.74 Å². The molecule has 0 unspecified atom stereocenters. The lowest BCUT2D eigenvalue weighted by molar-refractivity contribution is 0.415. The van der Waals surface area contributed by atoms with Crippen molar-refractivity contribution in [3.05, 3.63) is 89.8 Å². The third kappa shape index (κ3) is 2.53. The van der Waals surface area contributed by atoms with Crippen molar-refractivity contribution in [3.63, 3.8) is 0 Å². The Hall–Kier alpha value is -2.87. The van der Waals surface area contributed by atoms with Crippen LogP contribution in [0.15, 0.2) is 73.1 Å². The van der Waals surface area contributed by atoms with Crippen molar-refractivity contribution in [2.75, 3.05) is 7.11 Å². The molecule has 0 amide bonds. The van der Waals surface area contributed by atoms with E-state index in [2.05, 4.69) is 53.5 Å². The van der Waals surface area contributed by atoms with Crippen molar-refractivity contribution in [1.82, 2.24) is 4.98 Å². The molecule has 3 aromatic rings. The van der Waals surface area contributed by atoms with E-state index in [1.807, 2.05) is 24.5 Å². The van der Waals surface area contributed by atoms with Crippen LogP contribution < -0.4 is 4.74 Å². The molecular weight excluding hydrogens is 282 g/mol. The molecule has 0 atom stereocenters. The lowest BCUT2D eigenvalue weighted by Crippen LogP contribution is -1.89. The Labute approximate surface area is 136 Å². The Balaban J connectivity index is 1.68. The number of methoxy groups -OCH3 is 1. The highest BCUT2D eigenvalue weighted by molar-refractivity contribution is 5.86. The van der Waals surface area contributed by atoms with Crippen molar-refractivity contribution < 1.29 is 4.74 Å². The van der Waals surface area contributed by atoms with Crippen LogP contribution in [0.3, 0.4) is 0 Å². The standard InChI is InChI=1S/C21H17NO/c1-23-19-6-2-15(3-7-19)17-4-8-21-18(14-17)5-9-20(21)16-10-12-22-13-11-16/h2-4,6-14H,5H2,1H3. The average molecular weight is 299 g/mol. The molecule has 0 N–H and O–H groups in total. The number of benzene rings is 2. The van der Waals surface area contributed by atoms with E-state index in [0.717, 1.165) is 12.2 Å². The number of nitrogens with zero attached hydrogens (tertiary/aromatic N) is 1. The summed E-state index contributed by atoms with van der Waals surface area (Å²) in [7, 11) is 1.69. The number of allylic oxidation sites excluding steroid dienone is 1. The normalized spacial score (nSPS) is 12.7. The Kier molecular flexibility index (Phi) is 3.43. The number of hydrogen-bond acceptors (Lipinski definition) is 2. The summed E-state index contributed by atoms with van der Waals surface area (Å²) in [6.45, 7) is 0. The van der Waals surface area contributed by atoms with Gasteiger partial charge in [-0.2, -0.15) is 0 Å². The van der Waals surface area contributed by atoms with Crippen LogP contribution in [0.2, 0.25) is 0 Å². The first-order chi connectivity index (χ1) is 11.3. The molecule has 0 bridgehead atoms. The summed E-state index contributed by atoms with van der Waals surface area (Å²) in [6.07, 6.45) is 6.98. The van der Waals surface area contributed by atoms with Crippen LogP contribution in [-0.4, -0.2) is 12.1 Å². The maximum Gasteiger partial charge on any atom is 0.118 e. The van der Waals surface area contributed by atoms with Crippen LogP contribution in [0, 0.1) is 0 Å². The molecule has 4 rings (SSSR count). The van der Waals surface area contributed by atoms with Crippen LogP contribution in [0.5, 0.6) is 5.75 Å². The summed E-state index contributed by atoms with van der Waals surface area (Å²) in [5.74, 6) is 0.886. The molecule has 2 nitrogen and oxygen atoms in total. The number of fused-ring (bicyclic) bond motifs is 1. The first kappa shape index (κ1) is 13.8. The Morgan fingerprint density at radius 1 is 0.826 bits per heavy atom. The van der Waals surface area contributed by atoms with Gasteiger partial charge in [0.2, 0.25) is 0 Å². The smallest absolute Gasteiger partial charge is 0.118 e. The van der Waals surface area contributed by atoms with Gasteiger partial charge in [0, 0.05) is 12.4 Å². The van der Waals surface area contributed by atoms with E-state index in [1.54, 1.807) is 7.11 Å². The van der Waals surface area contributed by atoms with E-state index in [9.17, 15) is 0 Å². The molecule has 0 fully saturated rings. The summed E-state index contributed by atoms with van der Waals surface area (Å²) < 4.78 is 5.23. The van der Waals surface area contributed by atoms with Gasteiger partial charge in [0.15, 0.2) is 0 Å². The molecule has 0 spiro atoms. The van der Waals surface area contributed by atoms with Gasteiger partial charge in [-0.15, -0.1) is 0 Å². The highest BCUT2D eigenvalue weighted by Gasteiger charge is 2.16. The van der Waals surface area contributed by atoms with Crippen molar-refractivity contribution in [2.45, 2.75) is 6.42 Å². The predicted molar refractivity (Wildman–Crippen MR) is 93.5 cm³/mol. The van der Waals surface area contributed by atoms with Gasteiger partial charge in [-0.05, 0) is 64.1 Å². The minimum atomic E-state index is 0.886. The summed E-state index contributed by atoms with van der Waals surface area (Å²) in [4.78, 5) is 4.10. The molecule has 2 heteroatoms. The number of ether oxygens (including phenoxy) is 1. The number of aromatic nitrogens is 1. The van der Waals surface area contributed by atoms with Crippen molar-refractivity contribution in [2.24, 2.45) is 0 Å². The molecule has 1 heterocycles. The fraction of sp³-hybridized carbons (Fsp3) is 0.0952. The van der Waals surface area contributed by atoms with Crippen LogP contribution in [0.4, 0.5) is 0 Å². The van der Waals surface area contributed by atoms with Gasteiger partial charge in [-0.3, -0.25) is 4.98 Å². The molecule has 1 aliphatic rings. The van der Waals surface area contributed by atoms with Crippen molar-refractivity contribution >= 4 is 5.57 Å². The van der Waals surface area contributed by atoms with Gasteiger partial charge in [0.25, 0.3) is 0 Å². The van der Waals surface area contributed by atoms with Crippen LogP contribution >= 0.6 is 0 Å². The second-order valence-electron chi connectivity index (χ2n) is 5.66. The van der Waals surface area contributed by atoms with E-state index < -0.39 is 0 Å². The van der Waals surface area contributed by atoms with Gasteiger partial charge < -0.3 is 4.74 Å². The van der Waals surface area contributed by atoms with E-state index in [-0.39, 0.29) is 0 Å². The monoisotopic (exact) mass is 299 g/mol. The SMILES string of the molecule is COc1ccc(-c2ccc3c(c2)CC=C3c2ccncc2)cc1. The molecule has 0 aliphatic heterocycles. The van der Waals surface area contributed by atoms with E-state index in [1.165, 1.54) is 33.4 Å². The second kappa shape index (κ2) is 5.73. The zero-order chi connectivity index (χ0) is 15.6. The Bertz CT molecular complexity index is 864. The first-order valence-electron chi connectivity index (χ1n) is 7.73. The maximum atomic E-state index is 5.23. The largest absolute Gasteiger partial charge is 0.497 e. The lowest BCUT2D eigenvalue weighted by atomic mass is 9.96. The highest BCUT2D eigenvalue weighted by atomic mass is 16.5. The van der Waals surface area contributed by atoms with Crippen LogP contribution in [0.25, 0.3) is 16.7 Å². The van der Waals surface area contributed by atoms with Gasteiger partial charge in [0.1, 0.15) is 5.75 Å². The van der Waals surface area contributed by atoms with Gasteiger partial charge in [-0.1, -0.05) is 36.4 Å². The highest BCUT2D eigenvalue weighted by Crippen LogP contribution is 2.35. The molecule has 0 saturated carbocycles. The zero-order valence-corrected chi connectivity index (χ0v) is 13.0. The van der Waals surface area contributed by atoms with E-state index in [0.29, 0.717) is 0 Å². The van der Waals surface area contributed by atoms with Crippen molar-refractivity contribution in [3.8, 4) is 16.9 Å². The Morgan fingerprint density at radius 3 is 2.30 bits per heavy atom. The van der Waals surface area contributed by atoms with Crippen LogP contribution in [0.1, 0.15) is 16.7 Å². The number of hydrogen-bond donors (Lipinski definition) is 0. The van der Waals surface area contributed by atoms with Gasteiger partial charge >= 0.3 is 0 Å². The zero-order valence-electron chi connectivity index (χ0n) is 13.0. The third-order valence-electron chi connectivity index (χ3n) is 4.34. The summed E-state index contributed by atoms with van der Waals surface area (Å²) >= 11 is 0. The quantitative estimate of drug-likeness (QED) is 0.696. The molecule has 0 radical (unpaired) electrons. The van der Waals surface area contributed by atoms with Gasteiger partial charge in [-0.25, -0.2) is 0 Å². The number of pyridine rings is 1. The molecular formula is C21H17NO. The molecule has 2 aromatic carbocycles. The van der Waals surface area contributed by atoms with Crippen LogP contribution in [-0.2, 0) is 6.42 Å². The fourth-order valence-corrected chi connectivity index (χ4v) is 3.12. The topological polar surface area (TPSA) is 22.1 Å². The molecule has 23 heavy (non-hydrogen) atoms.